The van der Waals surface area contributed by atoms with E-state index < -0.39 is 0 Å². The van der Waals surface area contributed by atoms with E-state index in [4.69, 9.17) is 0 Å². The molecule has 0 amide bonds. The van der Waals surface area contributed by atoms with Crippen LogP contribution in [0, 0.1) is 5.95 Å². The maximum Gasteiger partial charge on any atom is 0.201 e. The van der Waals surface area contributed by atoms with Crippen LogP contribution in [-0.2, 0) is 6.54 Å². The molecule has 2 N–H and O–H groups in total. The molecule has 0 unspecified atom stereocenters. The molecule has 0 atom stereocenters. The number of H-pyrrole nitrogens is 2. The molecule has 0 radical (unpaired) electrons. The summed E-state index contributed by atoms with van der Waals surface area (Å²) in [6.07, 6.45) is 3.71. The van der Waals surface area contributed by atoms with Gasteiger partial charge in [0.2, 0.25) is 5.95 Å². The minimum atomic E-state index is -0.355. The quantitative estimate of drug-likeness (QED) is 0.401. The van der Waals surface area contributed by atoms with Crippen molar-refractivity contribution in [2.45, 2.75) is 6.54 Å². The zero-order valence-electron chi connectivity index (χ0n) is 18.6. The second-order valence-electron chi connectivity index (χ2n) is 8.99. The number of likely N-dealkylation sites (N-methyl/N-ethyl adjacent to an activating group) is 1. The van der Waals surface area contributed by atoms with E-state index in [1.807, 2.05) is 42.7 Å². The van der Waals surface area contributed by atoms with Gasteiger partial charge in [0, 0.05) is 67.1 Å². The molecule has 1 fully saturated rings. The zero-order valence-corrected chi connectivity index (χ0v) is 18.6. The van der Waals surface area contributed by atoms with Gasteiger partial charge in [-0.25, -0.2) is 4.98 Å². The number of pyridine rings is 1. The van der Waals surface area contributed by atoms with Gasteiger partial charge in [-0.05, 0) is 53.4 Å². The average molecular weight is 440 g/mol. The van der Waals surface area contributed by atoms with Crippen molar-refractivity contribution in [3.8, 4) is 22.3 Å². The van der Waals surface area contributed by atoms with E-state index in [0.29, 0.717) is 11.2 Å². The summed E-state index contributed by atoms with van der Waals surface area (Å²) in [4.78, 5) is 15.4. The Kier molecular flexibility index (Phi) is 4.97. The van der Waals surface area contributed by atoms with Crippen LogP contribution in [0.5, 0.6) is 0 Å². The van der Waals surface area contributed by atoms with Crippen molar-refractivity contribution in [3.05, 3.63) is 78.5 Å². The van der Waals surface area contributed by atoms with Gasteiger partial charge in [0.15, 0.2) is 0 Å². The van der Waals surface area contributed by atoms with Crippen LogP contribution in [0.3, 0.4) is 0 Å². The maximum absolute atomic E-state index is 14.9. The van der Waals surface area contributed by atoms with Crippen LogP contribution in [0.15, 0.2) is 67.0 Å². The summed E-state index contributed by atoms with van der Waals surface area (Å²) in [6, 6.07) is 18.6. The molecule has 3 aromatic heterocycles. The van der Waals surface area contributed by atoms with E-state index in [2.05, 4.69) is 56.1 Å². The lowest BCUT2D eigenvalue weighted by atomic mass is 10.0. The summed E-state index contributed by atoms with van der Waals surface area (Å²) in [5, 5.41) is 1.85. The molecule has 4 heterocycles. The predicted molar refractivity (Wildman–Crippen MR) is 132 cm³/mol. The molecule has 2 aromatic carbocycles. The second kappa shape index (κ2) is 8.14. The summed E-state index contributed by atoms with van der Waals surface area (Å²) in [6.45, 7) is 5.43. The fraction of sp³-hybridized carbons (Fsp3) is 0.222. The van der Waals surface area contributed by atoms with Gasteiger partial charge in [0.05, 0.1) is 0 Å². The monoisotopic (exact) mass is 439 g/mol. The van der Waals surface area contributed by atoms with Crippen molar-refractivity contribution in [2.24, 2.45) is 0 Å². The molecule has 166 valence electrons. The summed E-state index contributed by atoms with van der Waals surface area (Å²) >= 11 is 0. The number of aromatic amines is 2. The third-order valence-corrected chi connectivity index (χ3v) is 6.74. The van der Waals surface area contributed by atoms with Gasteiger partial charge in [-0.3, -0.25) is 4.90 Å². The van der Waals surface area contributed by atoms with E-state index in [0.717, 1.165) is 65.7 Å². The Bertz CT molecular complexity index is 1420. The standard InChI is InChI=1S/C27H26FN5/c1-32-10-12-33(13-11-32)17-18-2-4-19(5-3-18)22-15-23-25(26(28)31-27(23)30-16-22)21-6-7-24-20(14-21)8-9-29-24/h2-9,14-16,29H,10-13,17H2,1H3,(H,30,31). The molecule has 1 aliphatic rings. The summed E-state index contributed by atoms with van der Waals surface area (Å²) < 4.78 is 14.9. The van der Waals surface area contributed by atoms with Gasteiger partial charge in [0.25, 0.3) is 0 Å². The van der Waals surface area contributed by atoms with Crippen LogP contribution in [0.2, 0.25) is 0 Å². The lowest BCUT2D eigenvalue weighted by molar-refractivity contribution is 0.148. The first-order valence-electron chi connectivity index (χ1n) is 11.4. The highest BCUT2D eigenvalue weighted by atomic mass is 19.1. The average Bonchev–Trinajstić information content (AvgIpc) is 3.43. The van der Waals surface area contributed by atoms with Crippen LogP contribution >= 0.6 is 0 Å². The molecular formula is C27H26FN5. The number of aromatic nitrogens is 3. The molecule has 0 spiro atoms. The fourth-order valence-corrected chi connectivity index (χ4v) is 4.76. The number of hydrogen-bond acceptors (Lipinski definition) is 3. The van der Waals surface area contributed by atoms with Crippen LogP contribution in [-0.4, -0.2) is 58.0 Å². The highest BCUT2D eigenvalue weighted by molar-refractivity contribution is 5.98. The maximum atomic E-state index is 14.9. The van der Waals surface area contributed by atoms with Crippen LogP contribution in [0.1, 0.15) is 5.56 Å². The zero-order chi connectivity index (χ0) is 22.4. The summed E-state index contributed by atoms with van der Waals surface area (Å²) in [7, 11) is 2.18. The molecular weight excluding hydrogens is 413 g/mol. The summed E-state index contributed by atoms with van der Waals surface area (Å²) in [5.41, 5.74) is 6.38. The van der Waals surface area contributed by atoms with Crippen molar-refractivity contribution in [2.75, 3.05) is 33.2 Å². The number of halogens is 1. The van der Waals surface area contributed by atoms with Crippen LogP contribution in [0.4, 0.5) is 4.39 Å². The predicted octanol–water partition coefficient (Wildman–Crippen LogP) is 5.26. The minimum Gasteiger partial charge on any atom is -0.361 e. The van der Waals surface area contributed by atoms with Crippen molar-refractivity contribution in [1.29, 1.82) is 0 Å². The van der Waals surface area contributed by atoms with Crippen molar-refractivity contribution in [1.82, 2.24) is 24.8 Å². The highest BCUT2D eigenvalue weighted by Crippen LogP contribution is 2.34. The molecule has 1 saturated heterocycles. The largest absolute Gasteiger partial charge is 0.361 e. The van der Waals surface area contributed by atoms with E-state index in [-0.39, 0.29) is 5.95 Å². The van der Waals surface area contributed by atoms with E-state index >= 15 is 0 Å². The molecule has 0 aliphatic carbocycles. The fourth-order valence-electron chi connectivity index (χ4n) is 4.76. The van der Waals surface area contributed by atoms with E-state index in [9.17, 15) is 4.39 Å². The molecule has 5 aromatic rings. The van der Waals surface area contributed by atoms with Crippen molar-refractivity contribution >= 4 is 21.9 Å². The Hall–Kier alpha value is -3.48. The molecule has 5 nitrogen and oxygen atoms in total. The molecule has 1 aliphatic heterocycles. The highest BCUT2D eigenvalue weighted by Gasteiger charge is 2.17. The van der Waals surface area contributed by atoms with Gasteiger partial charge >= 0.3 is 0 Å². The van der Waals surface area contributed by atoms with Gasteiger partial charge in [0.1, 0.15) is 5.65 Å². The number of rotatable bonds is 4. The number of hydrogen-bond donors (Lipinski definition) is 2. The Morgan fingerprint density at radius 2 is 1.70 bits per heavy atom. The van der Waals surface area contributed by atoms with Crippen molar-refractivity contribution < 1.29 is 4.39 Å². The molecule has 0 saturated carbocycles. The first-order chi connectivity index (χ1) is 16.1. The van der Waals surface area contributed by atoms with Crippen LogP contribution < -0.4 is 0 Å². The third kappa shape index (κ3) is 3.81. The summed E-state index contributed by atoms with van der Waals surface area (Å²) in [5.74, 6) is -0.355. The lowest BCUT2D eigenvalue weighted by Gasteiger charge is -2.32. The lowest BCUT2D eigenvalue weighted by Crippen LogP contribution is -2.43. The smallest absolute Gasteiger partial charge is 0.201 e. The van der Waals surface area contributed by atoms with E-state index in [1.165, 1.54) is 5.56 Å². The molecule has 6 heteroatoms. The number of nitrogens with zero attached hydrogens (tertiary/aromatic N) is 3. The van der Waals surface area contributed by atoms with Crippen molar-refractivity contribution in [3.63, 3.8) is 0 Å². The van der Waals surface area contributed by atoms with Gasteiger partial charge < -0.3 is 14.9 Å². The van der Waals surface area contributed by atoms with Gasteiger partial charge in [-0.1, -0.05) is 30.3 Å². The van der Waals surface area contributed by atoms with Crippen LogP contribution in [0.25, 0.3) is 44.2 Å². The number of piperazine rings is 1. The third-order valence-electron chi connectivity index (χ3n) is 6.74. The minimum absolute atomic E-state index is 0.355. The second-order valence-corrected chi connectivity index (χ2v) is 8.99. The topological polar surface area (TPSA) is 50.9 Å². The number of nitrogens with one attached hydrogen (secondary N) is 2. The number of benzene rings is 2. The SMILES string of the molecule is CN1CCN(Cc2ccc(-c3cnc4[nH]c(F)c(-c5ccc6[nH]ccc6c5)c4c3)cc2)CC1. The first kappa shape index (κ1) is 20.1. The Morgan fingerprint density at radius 1 is 0.909 bits per heavy atom. The molecule has 33 heavy (non-hydrogen) atoms. The normalized spacial score (nSPS) is 15.6. The van der Waals surface area contributed by atoms with Gasteiger partial charge in [-0.2, -0.15) is 4.39 Å². The van der Waals surface area contributed by atoms with E-state index in [1.54, 1.807) is 0 Å². The molecule has 6 rings (SSSR count). The number of fused-ring (bicyclic) bond motifs is 2. The molecule has 0 bridgehead atoms. The Balaban J connectivity index is 1.31. The Labute approximate surface area is 191 Å². The first-order valence-corrected chi connectivity index (χ1v) is 11.4. The Morgan fingerprint density at radius 3 is 2.52 bits per heavy atom. The van der Waals surface area contributed by atoms with Gasteiger partial charge in [-0.15, -0.1) is 0 Å².